The minimum atomic E-state index is -4.07. The number of aromatic nitrogens is 7. The van der Waals surface area contributed by atoms with Crippen LogP contribution >= 0.6 is 0 Å². The monoisotopic (exact) mass is 342 g/mol. The van der Waals surface area contributed by atoms with Gasteiger partial charge in [0.1, 0.15) is 0 Å². The summed E-state index contributed by atoms with van der Waals surface area (Å²) < 4.78 is 23.8. The Balaban J connectivity index is 2.05. The number of H-pyrrole nitrogens is 2. The first-order chi connectivity index (χ1) is 11.5. The van der Waals surface area contributed by atoms with E-state index in [1.807, 2.05) is 18.2 Å². The molecule has 4 rings (SSSR count). The SMILES string of the molecule is NS(=O)(=O)c1nccc(-c2ccc3cn[nH]c3c2)c1-c1nn[nH]n1. The number of sulfonamides is 1. The highest BCUT2D eigenvalue weighted by Gasteiger charge is 2.24. The lowest BCUT2D eigenvalue weighted by Gasteiger charge is -2.10. The Bertz CT molecular complexity index is 1130. The third-order valence-corrected chi connectivity index (χ3v) is 4.36. The van der Waals surface area contributed by atoms with Crippen molar-refractivity contribution in [1.82, 2.24) is 35.8 Å². The van der Waals surface area contributed by atoms with Gasteiger partial charge in [-0.3, -0.25) is 5.10 Å². The Morgan fingerprint density at radius 1 is 1.17 bits per heavy atom. The van der Waals surface area contributed by atoms with E-state index in [1.54, 1.807) is 12.3 Å². The largest absolute Gasteiger partial charge is 0.278 e. The number of nitrogens with two attached hydrogens (primary N) is 1. The molecule has 10 nitrogen and oxygen atoms in total. The highest BCUT2D eigenvalue weighted by Crippen LogP contribution is 2.34. The first-order valence-corrected chi connectivity index (χ1v) is 8.28. The van der Waals surface area contributed by atoms with Crippen molar-refractivity contribution < 1.29 is 8.42 Å². The van der Waals surface area contributed by atoms with E-state index in [0.717, 1.165) is 16.5 Å². The van der Waals surface area contributed by atoms with E-state index in [2.05, 4.69) is 35.8 Å². The summed E-state index contributed by atoms with van der Waals surface area (Å²) in [6, 6.07) is 7.21. The molecule has 0 radical (unpaired) electrons. The summed E-state index contributed by atoms with van der Waals surface area (Å²) in [6.07, 6.45) is 3.07. The summed E-state index contributed by atoms with van der Waals surface area (Å²) in [5, 5.41) is 26.3. The zero-order chi connectivity index (χ0) is 16.7. The maximum Gasteiger partial charge on any atom is 0.256 e. The molecule has 11 heteroatoms. The number of aromatic amines is 2. The molecule has 0 atom stereocenters. The van der Waals surface area contributed by atoms with Crippen molar-refractivity contribution in [2.45, 2.75) is 5.03 Å². The third kappa shape index (κ3) is 2.31. The predicted molar refractivity (Wildman–Crippen MR) is 83.9 cm³/mol. The second-order valence-corrected chi connectivity index (χ2v) is 6.47. The average molecular weight is 342 g/mol. The second kappa shape index (κ2) is 5.18. The molecule has 3 heterocycles. The molecule has 120 valence electrons. The molecule has 4 aromatic rings. The number of nitrogens with zero attached hydrogens (tertiary/aromatic N) is 5. The molecule has 0 saturated heterocycles. The van der Waals surface area contributed by atoms with Crippen molar-refractivity contribution in [1.29, 1.82) is 0 Å². The molecule has 0 spiro atoms. The van der Waals surface area contributed by atoms with Gasteiger partial charge in [0.25, 0.3) is 10.0 Å². The first kappa shape index (κ1) is 14.4. The number of primary sulfonamides is 1. The lowest BCUT2D eigenvalue weighted by Crippen LogP contribution is -2.16. The maximum absolute atomic E-state index is 11.9. The number of pyridine rings is 1. The quantitative estimate of drug-likeness (QED) is 0.488. The van der Waals surface area contributed by atoms with E-state index in [4.69, 9.17) is 5.14 Å². The summed E-state index contributed by atoms with van der Waals surface area (Å²) in [6.45, 7) is 0. The molecule has 0 aliphatic carbocycles. The van der Waals surface area contributed by atoms with Crippen molar-refractivity contribution >= 4 is 20.9 Å². The lowest BCUT2D eigenvalue weighted by molar-refractivity contribution is 0.594. The van der Waals surface area contributed by atoms with Crippen molar-refractivity contribution in [2.75, 3.05) is 0 Å². The molecule has 0 unspecified atom stereocenters. The maximum atomic E-state index is 11.9. The highest BCUT2D eigenvalue weighted by atomic mass is 32.2. The average Bonchev–Trinajstić information content (AvgIpc) is 3.24. The highest BCUT2D eigenvalue weighted by molar-refractivity contribution is 7.89. The van der Waals surface area contributed by atoms with Gasteiger partial charge >= 0.3 is 0 Å². The molecule has 0 amide bonds. The van der Waals surface area contributed by atoms with Crippen molar-refractivity contribution in [2.24, 2.45) is 5.14 Å². The third-order valence-electron chi connectivity index (χ3n) is 3.51. The van der Waals surface area contributed by atoms with Crippen LogP contribution in [0.2, 0.25) is 0 Å². The number of hydrogen-bond donors (Lipinski definition) is 3. The zero-order valence-corrected chi connectivity index (χ0v) is 12.8. The standard InChI is InChI=1S/C13H10N8O2S/c14-24(22,23)13-11(12-18-20-21-19-12)9(3-4-15-13)7-1-2-8-6-16-17-10(8)5-7/h1-6H,(H,16,17)(H2,14,22,23)(H,18,19,20,21). The Hall–Kier alpha value is -3.18. The van der Waals surface area contributed by atoms with Crippen LogP contribution in [0.25, 0.3) is 33.4 Å². The smallest absolute Gasteiger partial charge is 0.256 e. The van der Waals surface area contributed by atoms with Crippen LogP contribution in [0.15, 0.2) is 41.7 Å². The van der Waals surface area contributed by atoms with Gasteiger partial charge in [0.2, 0.25) is 5.82 Å². The Morgan fingerprint density at radius 3 is 2.79 bits per heavy atom. The number of fused-ring (bicyclic) bond motifs is 1. The van der Waals surface area contributed by atoms with Crippen LogP contribution in [0.1, 0.15) is 0 Å². The van der Waals surface area contributed by atoms with E-state index in [9.17, 15) is 8.42 Å². The molecule has 4 N–H and O–H groups in total. The van der Waals surface area contributed by atoms with Gasteiger partial charge in [-0.1, -0.05) is 12.1 Å². The predicted octanol–water partition coefficient (Wildman–Crippen LogP) is 0.452. The van der Waals surface area contributed by atoms with E-state index >= 15 is 0 Å². The van der Waals surface area contributed by atoms with Gasteiger partial charge in [0.15, 0.2) is 5.03 Å². The molecule has 1 aromatic carbocycles. The molecule has 0 saturated carbocycles. The van der Waals surface area contributed by atoms with Gasteiger partial charge in [-0.2, -0.15) is 10.3 Å². The molecule has 0 aliphatic rings. The molecular formula is C13H10N8O2S. The van der Waals surface area contributed by atoms with Gasteiger partial charge in [-0.25, -0.2) is 18.5 Å². The fourth-order valence-corrected chi connectivity index (χ4v) is 3.18. The van der Waals surface area contributed by atoms with Gasteiger partial charge < -0.3 is 0 Å². The van der Waals surface area contributed by atoms with Crippen LogP contribution in [-0.2, 0) is 10.0 Å². The summed E-state index contributed by atoms with van der Waals surface area (Å²) in [7, 11) is -4.07. The normalized spacial score (nSPS) is 11.9. The fraction of sp³-hybridized carbons (Fsp3) is 0. The van der Waals surface area contributed by atoms with Crippen molar-refractivity contribution in [3.8, 4) is 22.5 Å². The molecule has 3 aromatic heterocycles. The van der Waals surface area contributed by atoms with Crippen molar-refractivity contribution in [3.63, 3.8) is 0 Å². The summed E-state index contributed by atoms with van der Waals surface area (Å²) >= 11 is 0. The second-order valence-electron chi connectivity index (χ2n) is 4.99. The van der Waals surface area contributed by atoms with Gasteiger partial charge in [-0.15, -0.1) is 10.2 Å². The molecule has 0 aliphatic heterocycles. The van der Waals surface area contributed by atoms with Gasteiger partial charge in [0, 0.05) is 11.6 Å². The topological polar surface area (TPSA) is 156 Å². The molecule has 0 fully saturated rings. The van der Waals surface area contributed by atoms with Crippen LogP contribution in [0.5, 0.6) is 0 Å². The Kier molecular flexibility index (Phi) is 3.11. The van der Waals surface area contributed by atoms with E-state index < -0.39 is 10.0 Å². The number of tetrazole rings is 1. The van der Waals surface area contributed by atoms with Crippen LogP contribution < -0.4 is 5.14 Å². The lowest BCUT2D eigenvalue weighted by atomic mass is 10.0. The van der Waals surface area contributed by atoms with E-state index in [0.29, 0.717) is 5.56 Å². The minimum Gasteiger partial charge on any atom is -0.278 e. The van der Waals surface area contributed by atoms with Gasteiger partial charge in [-0.05, 0) is 28.5 Å². The van der Waals surface area contributed by atoms with Crippen LogP contribution in [0, 0.1) is 0 Å². The van der Waals surface area contributed by atoms with Gasteiger partial charge in [0.05, 0.1) is 17.3 Å². The zero-order valence-electron chi connectivity index (χ0n) is 12.0. The number of nitrogens with one attached hydrogen (secondary N) is 2. The molecular weight excluding hydrogens is 332 g/mol. The summed E-state index contributed by atoms with van der Waals surface area (Å²) in [4.78, 5) is 3.89. The van der Waals surface area contributed by atoms with E-state index in [1.165, 1.54) is 6.20 Å². The summed E-state index contributed by atoms with van der Waals surface area (Å²) in [5.41, 5.74) is 2.29. The Morgan fingerprint density at radius 2 is 2.04 bits per heavy atom. The molecule has 0 bridgehead atoms. The van der Waals surface area contributed by atoms with Crippen LogP contribution in [0.4, 0.5) is 0 Å². The number of benzene rings is 1. The van der Waals surface area contributed by atoms with Crippen molar-refractivity contribution in [3.05, 3.63) is 36.7 Å². The van der Waals surface area contributed by atoms with Crippen LogP contribution in [0.3, 0.4) is 0 Å². The first-order valence-electron chi connectivity index (χ1n) is 6.73. The number of rotatable bonds is 3. The fourth-order valence-electron chi connectivity index (χ4n) is 2.49. The summed E-state index contributed by atoms with van der Waals surface area (Å²) in [5.74, 6) is 0.0897. The number of hydrogen-bond acceptors (Lipinski definition) is 7. The minimum absolute atomic E-state index is 0.0897. The van der Waals surface area contributed by atoms with E-state index in [-0.39, 0.29) is 16.4 Å². The molecule has 24 heavy (non-hydrogen) atoms. The Labute approximate surface area is 135 Å². The van der Waals surface area contributed by atoms with Crippen LogP contribution in [-0.4, -0.2) is 44.2 Å².